The van der Waals surface area contributed by atoms with Gasteiger partial charge in [0.15, 0.2) is 11.5 Å². The maximum atomic E-state index is 13.0. The number of aromatic nitrogens is 4. The normalized spacial score (nSPS) is 17.6. The number of hydrazine groups is 1. The van der Waals surface area contributed by atoms with E-state index in [1.807, 2.05) is 20.8 Å². The zero-order chi connectivity index (χ0) is 21.4. The maximum absolute atomic E-state index is 13.0. The molecule has 3 heterocycles. The van der Waals surface area contributed by atoms with Gasteiger partial charge in [-0.3, -0.25) is 20.4 Å². The number of anilines is 1. The lowest BCUT2D eigenvalue weighted by Gasteiger charge is -2.27. The number of carbonyl (C=O) groups is 2. The summed E-state index contributed by atoms with van der Waals surface area (Å²) in [5.41, 5.74) is 3.41. The van der Waals surface area contributed by atoms with E-state index < -0.39 is 23.8 Å². The van der Waals surface area contributed by atoms with E-state index in [-0.39, 0.29) is 29.3 Å². The molecule has 2 amide bonds. The molecule has 1 unspecified atom stereocenters. The van der Waals surface area contributed by atoms with Crippen LogP contribution in [0.15, 0.2) is 12.4 Å². The fourth-order valence-electron chi connectivity index (χ4n) is 2.72. The van der Waals surface area contributed by atoms with E-state index in [0.29, 0.717) is 17.7 Å². The number of rotatable bonds is 4. The van der Waals surface area contributed by atoms with Gasteiger partial charge in [-0.15, -0.1) is 11.8 Å². The summed E-state index contributed by atoms with van der Waals surface area (Å²) in [6, 6.07) is -0.00837. The zero-order valence-corrected chi connectivity index (χ0v) is 16.8. The number of nitrogens with zero attached hydrogens (tertiary/aromatic N) is 5. The summed E-state index contributed by atoms with van der Waals surface area (Å²) in [7, 11) is 0. The minimum absolute atomic E-state index is 0.149. The summed E-state index contributed by atoms with van der Waals surface area (Å²) < 4.78 is 40.1. The monoisotopic (exact) mass is 431 g/mol. The number of amides is 2. The van der Waals surface area contributed by atoms with E-state index in [4.69, 9.17) is 0 Å². The first-order valence-corrected chi connectivity index (χ1v) is 9.82. The van der Waals surface area contributed by atoms with Gasteiger partial charge in [0.25, 0.3) is 11.7 Å². The Bertz CT molecular complexity index is 925. The average molecular weight is 431 g/mol. The zero-order valence-electron chi connectivity index (χ0n) is 15.9. The molecule has 1 aliphatic rings. The van der Waals surface area contributed by atoms with Gasteiger partial charge < -0.3 is 4.90 Å². The molecule has 2 aromatic heterocycles. The molecule has 1 saturated heterocycles. The highest BCUT2D eigenvalue weighted by molar-refractivity contribution is 7.99. The van der Waals surface area contributed by atoms with Crippen LogP contribution in [0, 0.1) is 5.41 Å². The van der Waals surface area contributed by atoms with E-state index in [0.717, 1.165) is 10.8 Å². The van der Waals surface area contributed by atoms with Crippen LogP contribution in [0.4, 0.5) is 19.0 Å². The third-order valence-corrected chi connectivity index (χ3v) is 5.06. The fraction of sp³-hybridized carbons (Fsp3) is 0.562. The minimum atomic E-state index is -4.69. The van der Waals surface area contributed by atoms with Gasteiger partial charge in [0.1, 0.15) is 12.4 Å². The van der Waals surface area contributed by atoms with Crippen LogP contribution < -0.4 is 10.9 Å². The molecule has 0 aliphatic carbocycles. The first-order chi connectivity index (χ1) is 13.5. The number of halogens is 3. The van der Waals surface area contributed by atoms with Gasteiger partial charge in [-0.25, -0.2) is 4.98 Å². The molecule has 13 heteroatoms. The van der Waals surface area contributed by atoms with Crippen LogP contribution in [0.3, 0.4) is 0 Å². The van der Waals surface area contributed by atoms with Crippen LogP contribution in [0.25, 0.3) is 5.78 Å². The third-order valence-electron chi connectivity index (χ3n) is 4.04. The molecule has 3 rings (SSSR count). The Kier molecular flexibility index (Phi) is 5.61. The molecule has 1 fully saturated rings. The highest BCUT2D eigenvalue weighted by Gasteiger charge is 2.37. The van der Waals surface area contributed by atoms with Crippen molar-refractivity contribution in [1.82, 2.24) is 29.9 Å². The lowest BCUT2D eigenvalue weighted by molar-refractivity contribution is -0.141. The number of nitrogens with one attached hydrogen (secondary N) is 2. The minimum Gasteiger partial charge on any atom is -0.320 e. The summed E-state index contributed by atoms with van der Waals surface area (Å²) >= 11 is 1.43. The summed E-state index contributed by atoms with van der Waals surface area (Å²) in [6.07, 6.45) is -3.36. The van der Waals surface area contributed by atoms with Gasteiger partial charge in [0, 0.05) is 18.2 Å². The van der Waals surface area contributed by atoms with Gasteiger partial charge in [-0.2, -0.15) is 27.8 Å². The highest BCUT2D eigenvalue weighted by atomic mass is 32.2. The predicted octanol–water partition coefficient (Wildman–Crippen LogP) is 1.92. The van der Waals surface area contributed by atoms with Gasteiger partial charge >= 0.3 is 6.18 Å². The number of carbonyl (C=O) groups excluding carboxylic acids is 2. The standard InChI is InChI=1S/C16H20F3N7O2S/c1-15(2,3)5-12(27)25-8-29-6-9(25)13(28)24-23-11-4-10(16(17,18)19)22-14-20-7-21-26(11)14/h4,7,9,23H,5-6,8H2,1-3H3,(H,24,28). The number of fused-ring (bicyclic) bond motifs is 1. The van der Waals surface area contributed by atoms with Crippen molar-refractivity contribution < 1.29 is 22.8 Å². The van der Waals surface area contributed by atoms with E-state index in [9.17, 15) is 22.8 Å². The van der Waals surface area contributed by atoms with E-state index >= 15 is 0 Å². The Morgan fingerprint density at radius 1 is 1.31 bits per heavy atom. The summed E-state index contributed by atoms with van der Waals surface area (Å²) in [6.45, 7) is 5.78. The largest absolute Gasteiger partial charge is 0.433 e. The number of hydrogen-bond acceptors (Lipinski definition) is 7. The molecule has 9 nitrogen and oxygen atoms in total. The van der Waals surface area contributed by atoms with E-state index in [2.05, 4.69) is 25.9 Å². The Morgan fingerprint density at radius 2 is 2.03 bits per heavy atom. The molecular formula is C16H20F3N7O2S. The second-order valence-electron chi connectivity index (χ2n) is 7.73. The average Bonchev–Trinajstić information content (AvgIpc) is 3.25. The van der Waals surface area contributed by atoms with Gasteiger partial charge in [0.2, 0.25) is 5.91 Å². The molecule has 2 aromatic rings. The number of alkyl halides is 3. The predicted molar refractivity (Wildman–Crippen MR) is 99.6 cm³/mol. The Hall–Kier alpha value is -2.57. The first kappa shape index (κ1) is 21.1. The van der Waals surface area contributed by atoms with Crippen LogP contribution in [0.1, 0.15) is 32.9 Å². The molecule has 0 aromatic carbocycles. The van der Waals surface area contributed by atoms with Crippen molar-refractivity contribution >= 4 is 35.2 Å². The van der Waals surface area contributed by atoms with Crippen LogP contribution in [-0.2, 0) is 15.8 Å². The second-order valence-corrected chi connectivity index (χ2v) is 8.73. The Morgan fingerprint density at radius 3 is 2.69 bits per heavy atom. The van der Waals surface area contributed by atoms with Gasteiger partial charge in [0.05, 0.1) is 5.88 Å². The van der Waals surface area contributed by atoms with Crippen molar-refractivity contribution in [2.45, 2.75) is 39.4 Å². The highest BCUT2D eigenvalue weighted by Crippen LogP contribution is 2.30. The molecule has 29 heavy (non-hydrogen) atoms. The molecule has 0 radical (unpaired) electrons. The fourth-order valence-corrected chi connectivity index (χ4v) is 3.90. The molecular weight excluding hydrogens is 411 g/mol. The van der Waals surface area contributed by atoms with E-state index in [1.165, 1.54) is 16.7 Å². The molecule has 1 aliphatic heterocycles. The molecule has 0 spiro atoms. The molecule has 0 bridgehead atoms. The molecule has 2 N–H and O–H groups in total. The summed E-state index contributed by atoms with van der Waals surface area (Å²) in [5.74, 6) is -0.332. The third kappa shape index (κ3) is 4.89. The number of thioether (sulfide) groups is 1. The molecule has 1 atom stereocenters. The van der Waals surface area contributed by atoms with Crippen molar-refractivity contribution in [3.63, 3.8) is 0 Å². The maximum Gasteiger partial charge on any atom is 0.433 e. The quantitative estimate of drug-likeness (QED) is 0.713. The van der Waals surface area contributed by atoms with Gasteiger partial charge in [-0.1, -0.05) is 20.8 Å². The van der Waals surface area contributed by atoms with Crippen LogP contribution in [0.5, 0.6) is 0 Å². The van der Waals surface area contributed by atoms with Gasteiger partial charge in [-0.05, 0) is 5.41 Å². The number of hydrogen-bond donors (Lipinski definition) is 2. The SMILES string of the molecule is CC(C)(C)CC(=O)N1CSCC1C(=O)NNc1cc(C(F)(F)F)nc2ncnn12. The van der Waals surface area contributed by atoms with Crippen molar-refractivity contribution in [1.29, 1.82) is 0 Å². The summed E-state index contributed by atoms with van der Waals surface area (Å²) in [4.78, 5) is 33.6. The van der Waals surface area contributed by atoms with Crippen molar-refractivity contribution in [2.75, 3.05) is 17.1 Å². The van der Waals surface area contributed by atoms with Crippen molar-refractivity contribution in [3.8, 4) is 0 Å². The first-order valence-electron chi connectivity index (χ1n) is 8.67. The van der Waals surface area contributed by atoms with Crippen LogP contribution >= 0.6 is 11.8 Å². The molecule has 0 saturated carbocycles. The topological polar surface area (TPSA) is 105 Å². The molecule has 158 valence electrons. The van der Waals surface area contributed by atoms with Crippen molar-refractivity contribution in [3.05, 3.63) is 18.1 Å². The smallest absolute Gasteiger partial charge is 0.320 e. The van der Waals surface area contributed by atoms with E-state index in [1.54, 1.807) is 0 Å². The summed E-state index contributed by atoms with van der Waals surface area (Å²) in [5, 5.41) is 3.79. The van der Waals surface area contributed by atoms with Crippen LogP contribution in [0.2, 0.25) is 0 Å². The van der Waals surface area contributed by atoms with Crippen LogP contribution in [-0.4, -0.2) is 54.0 Å². The second kappa shape index (κ2) is 7.69. The Labute approximate surface area is 168 Å². The Balaban J connectivity index is 1.73. The lowest BCUT2D eigenvalue weighted by Crippen LogP contribution is -2.49. The van der Waals surface area contributed by atoms with Crippen molar-refractivity contribution in [2.24, 2.45) is 5.41 Å². The lowest BCUT2D eigenvalue weighted by atomic mass is 9.91.